The van der Waals surface area contributed by atoms with Crippen molar-refractivity contribution in [1.29, 1.82) is 0 Å². The fraction of sp³-hybridized carbons (Fsp3) is 0.667. The van der Waals surface area contributed by atoms with Crippen molar-refractivity contribution < 1.29 is 5.11 Å². The summed E-state index contributed by atoms with van der Waals surface area (Å²) < 4.78 is 0. The Morgan fingerprint density at radius 3 is 2.71 bits per heavy atom. The Kier molecular flexibility index (Phi) is 4.76. The van der Waals surface area contributed by atoms with Gasteiger partial charge in [0.05, 0.1) is 5.69 Å². The van der Waals surface area contributed by atoms with E-state index in [0.29, 0.717) is 12.5 Å². The zero-order valence-electron chi connectivity index (χ0n) is 10.2. The topological polar surface area (TPSA) is 49.2 Å². The molecule has 0 aliphatic carbocycles. The summed E-state index contributed by atoms with van der Waals surface area (Å²) in [6.45, 7) is 3.31. The molecule has 2 heterocycles. The van der Waals surface area contributed by atoms with Gasteiger partial charge in [-0.05, 0) is 38.1 Å². The molecule has 0 atom stereocenters. The fourth-order valence-corrected chi connectivity index (χ4v) is 2.69. The van der Waals surface area contributed by atoms with Crippen LogP contribution in [0.3, 0.4) is 0 Å². The quantitative estimate of drug-likeness (QED) is 0.822. The summed E-state index contributed by atoms with van der Waals surface area (Å²) in [6.07, 6.45) is 7.71. The summed E-state index contributed by atoms with van der Waals surface area (Å²) in [4.78, 5) is 11.1. The highest BCUT2D eigenvalue weighted by molar-refractivity contribution is 7.98. The van der Waals surface area contributed by atoms with E-state index < -0.39 is 0 Å². The molecule has 94 valence electrons. The second kappa shape index (κ2) is 6.33. The summed E-state index contributed by atoms with van der Waals surface area (Å²) in [5.74, 6) is 0.494. The smallest absolute Gasteiger partial charge is 0.119 e. The molecule has 0 saturated carbocycles. The van der Waals surface area contributed by atoms with Gasteiger partial charge in [-0.25, -0.2) is 4.98 Å². The maximum atomic E-state index is 9.10. The van der Waals surface area contributed by atoms with E-state index in [2.05, 4.69) is 14.9 Å². The van der Waals surface area contributed by atoms with E-state index in [0.717, 1.165) is 43.2 Å². The molecule has 2 rings (SSSR count). The monoisotopic (exact) mass is 253 g/mol. The minimum atomic E-state index is 0.328. The van der Waals surface area contributed by atoms with E-state index in [1.807, 2.05) is 6.26 Å². The Balaban J connectivity index is 1.93. The first-order valence-corrected chi connectivity index (χ1v) is 7.23. The third-order valence-corrected chi connectivity index (χ3v) is 4.00. The summed E-state index contributed by atoms with van der Waals surface area (Å²) in [5.41, 5.74) is 1.07. The van der Waals surface area contributed by atoms with Gasteiger partial charge in [0.25, 0.3) is 0 Å². The maximum Gasteiger partial charge on any atom is 0.119 e. The van der Waals surface area contributed by atoms with Gasteiger partial charge in [0.15, 0.2) is 0 Å². The van der Waals surface area contributed by atoms with Crippen LogP contribution in [-0.2, 0) is 6.54 Å². The highest BCUT2D eigenvalue weighted by Gasteiger charge is 2.19. The van der Waals surface area contributed by atoms with Crippen LogP contribution in [0.4, 0.5) is 0 Å². The van der Waals surface area contributed by atoms with Crippen LogP contribution in [0.15, 0.2) is 17.4 Å². The lowest BCUT2D eigenvalue weighted by molar-refractivity contribution is 0.126. The van der Waals surface area contributed by atoms with Crippen molar-refractivity contribution in [1.82, 2.24) is 14.9 Å². The van der Waals surface area contributed by atoms with Gasteiger partial charge in [-0.2, -0.15) is 0 Å². The molecule has 0 aromatic carbocycles. The van der Waals surface area contributed by atoms with Crippen LogP contribution < -0.4 is 0 Å². The van der Waals surface area contributed by atoms with E-state index in [1.165, 1.54) is 0 Å². The van der Waals surface area contributed by atoms with Crippen LogP contribution in [0, 0.1) is 5.92 Å². The second-order valence-corrected chi connectivity index (χ2v) is 5.21. The van der Waals surface area contributed by atoms with E-state index in [4.69, 9.17) is 5.11 Å². The largest absolute Gasteiger partial charge is 0.396 e. The van der Waals surface area contributed by atoms with Crippen molar-refractivity contribution in [2.75, 3.05) is 26.0 Å². The van der Waals surface area contributed by atoms with Crippen LogP contribution in [0.1, 0.15) is 18.5 Å². The minimum absolute atomic E-state index is 0.328. The summed E-state index contributed by atoms with van der Waals surface area (Å²) in [6, 6.07) is 0. The molecular weight excluding hydrogens is 234 g/mol. The molecule has 17 heavy (non-hydrogen) atoms. The molecule has 1 N–H and O–H groups in total. The first-order valence-electron chi connectivity index (χ1n) is 6.00. The zero-order valence-corrected chi connectivity index (χ0v) is 11.0. The van der Waals surface area contributed by atoms with Gasteiger partial charge < -0.3 is 5.11 Å². The predicted molar refractivity (Wildman–Crippen MR) is 68.9 cm³/mol. The van der Waals surface area contributed by atoms with Crippen LogP contribution >= 0.6 is 11.8 Å². The minimum Gasteiger partial charge on any atom is -0.396 e. The highest BCUT2D eigenvalue weighted by atomic mass is 32.2. The molecule has 0 unspecified atom stereocenters. The van der Waals surface area contributed by atoms with Crippen LogP contribution in [0.5, 0.6) is 0 Å². The molecule has 0 spiro atoms. The average molecular weight is 253 g/mol. The summed E-state index contributed by atoms with van der Waals surface area (Å²) in [5, 5.41) is 10.1. The van der Waals surface area contributed by atoms with Crippen molar-refractivity contribution in [3.63, 3.8) is 0 Å². The van der Waals surface area contributed by atoms with Gasteiger partial charge in [-0.3, -0.25) is 9.88 Å². The van der Waals surface area contributed by atoms with Crippen molar-refractivity contribution in [2.24, 2.45) is 5.92 Å². The van der Waals surface area contributed by atoms with Gasteiger partial charge in [0.1, 0.15) is 5.03 Å². The molecule has 5 heteroatoms. The molecule has 1 aliphatic heterocycles. The van der Waals surface area contributed by atoms with Gasteiger partial charge in [0.2, 0.25) is 0 Å². The molecule has 1 aromatic rings. The molecule has 1 aliphatic rings. The second-order valence-electron chi connectivity index (χ2n) is 4.41. The Morgan fingerprint density at radius 1 is 1.35 bits per heavy atom. The molecule has 0 radical (unpaired) electrons. The highest BCUT2D eigenvalue weighted by Crippen LogP contribution is 2.21. The number of thioether (sulfide) groups is 1. The zero-order chi connectivity index (χ0) is 12.1. The predicted octanol–water partition coefficient (Wildman–Crippen LogP) is 1.40. The molecule has 0 amide bonds. The number of hydrogen-bond acceptors (Lipinski definition) is 5. The Labute approximate surface area is 106 Å². The molecule has 1 fully saturated rings. The number of hydrogen-bond donors (Lipinski definition) is 1. The third kappa shape index (κ3) is 3.40. The standard InChI is InChI=1S/C12H19N3OS/c1-17-12-11(13-4-5-14-12)8-15-6-2-10(9-16)3-7-15/h4-5,10,16H,2-3,6-9H2,1H3. The normalized spacial score (nSPS) is 18.5. The van der Waals surface area contributed by atoms with Crippen LogP contribution in [0.2, 0.25) is 0 Å². The first-order chi connectivity index (χ1) is 8.33. The lowest BCUT2D eigenvalue weighted by Crippen LogP contribution is -2.34. The average Bonchev–Trinajstić information content (AvgIpc) is 2.40. The Bertz CT molecular complexity index is 353. The Hall–Kier alpha value is -0.650. The van der Waals surface area contributed by atoms with Gasteiger partial charge in [0, 0.05) is 25.5 Å². The number of aliphatic hydroxyl groups excluding tert-OH is 1. The summed E-state index contributed by atoms with van der Waals surface area (Å²) >= 11 is 1.65. The lowest BCUT2D eigenvalue weighted by Gasteiger charge is -2.30. The van der Waals surface area contributed by atoms with Crippen molar-refractivity contribution >= 4 is 11.8 Å². The number of aromatic nitrogens is 2. The lowest BCUT2D eigenvalue weighted by atomic mass is 9.98. The fourth-order valence-electron chi connectivity index (χ4n) is 2.17. The molecule has 1 saturated heterocycles. The van der Waals surface area contributed by atoms with E-state index in [-0.39, 0.29) is 0 Å². The number of likely N-dealkylation sites (tertiary alicyclic amines) is 1. The van der Waals surface area contributed by atoms with Crippen molar-refractivity contribution in [3.05, 3.63) is 18.1 Å². The van der Waals surface area contributed by atoms with Gasteiger partial charge in [-0.15, -0.1) is 11.8 Å². The van der Waals surface area contributed by atoms with E-state index in [9.17, 15) is 0 Å². The first kappa shape index (κ1) is 12.8. The molecule has 4 nitrogen and oxygen atoms in total. The third-order valence-electron chi connectivity index (χ3n) is 3.27. The Morgan fingerprint density at radius 2 is 2.06 bits per heavy atom. The molecule has 1 aromatic heterocycles. The number of piperidine rings is 1. The van der Waals surface area contributed by atoms with E-state index >= 15 is 0 Å². The van der Waals surface area contributed by atoms with Crippen molar-refractivity contribution in [2.45, 2.75) is 24.4 Å². The molecule has 0 bridgehead atoms. The van der Waals surface area contributed by atoms with Crippen LogP contribution in [0.25, 0.3) is 0 Å². The van der Waals surface area contributed by atoms with Crippen LogP contribution in [-0.4, -0.2) is 45.9 Å². The summed E-state index contributed by atoms with van der Waals surface area (Å²) in [7, 11) is 0. The van der Waals surface area contributed by atoms with Gasteiger partial charge in [-0.1, -0.05) is 0 Å². The van der Waals surface area contributed by atoms with E-state index in [1.54, 1.807) is 24.2 Å². The van der Waals surface area contributed by atoms with Crippen molar-refractivity contribution in [3.8, 4) is 0 Å². The number of nitrogens with zero attached hydrogens (tertiary/aromatic N) is 3. The SMILES string of the molecule is CSc1nccnc1CN1CCC(CO)CC1. The van der Waals surface area contributed by atoms with Gasteiger partial charge >= 0.3 is 0 Å². The number of rotatable bonds is 4. The maximum absolute atomic E-state index is 9.10. The molecular formula is C12H19N3OS. The number of aliphatic hydroxyl groups is 1.